The molecule has 1 aromatic carbocycles. The predicted octanol–water partition coefficient (Wildman–Crippen LogP) is 2.55. The molecule has 2 unspecified atom stereocenters. The Bertz CT molecular complexity index is 560. The highest BCUT2D eigenvalue weighted by molar-refractivity contribution is 5.80. The van der Waals surface area contributed by atoms with Crippen LogP contribution in [0, 0.1) is 17.8 Å². The first-order valence-electron chi connectivity index (χ1n) is 9.78. The van der Waals surface area contributed by atoms with Crippen LogP contribution in [0.15, 0.2) is 30.3 Å². The smallest absolute Gasteiger partial charge is 0.227 e. The Labute approximate surface area is 152 Å². The van der Waals surface area contributed by atoms with Crippen LogP contribution in [-0.2, 0) is 11.3 Å². The molecule has 2 fully saturated rings. The standard InChI is InChI=1S/C21H33N3O/c1-17(2)19-15-23(14-18-8-5-4-6-9-18)16-20(19)21(25)24-11-7-10-22(3)12-13-24/h4-6,8-9,17,19-20H,7,10-16H2,1-3H3. The first kappa shape index (κ1) is 18.4. The predicted molar refractivity (Wildman–Crippen MR) is 102 cm³/mol. The molecule has 2 atom stereocenters. The minimum absolute atomic E-state index is 0.159. The maximum Gasteiger partial charge on any atom is 0.227 e. The van der Waals surface area contributed by atoms with Gasteiger partial charge in [0.05, 0.1) is 5.92 Å². The van der Waals surface area contributed by atoms with E-state index in [1.165, 1.54) is 5.56 Å². The van der Waals surface area contributed by atoms with Gasteiger partial charge in [0.25, 0.3) is 0 Å². The van der Waals surface area contributed by atoms with E-state index in [1.54, 1.807) is 0 Å². The van der Waals surface area contributed by atoms with Gasteiger partial charge in [-0.15, -0.1) is 0 Å². The Kier molecular flexibility index (Phi) is 6.13. The lowest BCUT2D eigenvalue weighted by Crippen LogP contribution is -2.42. The lowest BCUT2D eigenvalue weighted by atomic mass is 9.85. The van der Waals surface area contributed by atoms with E-state index in [0.29, 0.717) is 17.7 Å². The van der Waals surface area contributed by atoms with Crippen molar-refractivity contribution in [3.8, 4) is 0 Å². The van der Waals surface area contributed by atoms with Crippen molar-refractivity contribution in [3.05, 3.63) is 35.9 Å². The topological polar surface area (TPSA) is 26.8 Å². The van der Waals surface area contributed by atoms with Gasteiger partial charge < -0.3 is 9.80 Å². The summed E-state index contributed by atoms with van der Waals surface area (Å²) in [5.41, 5.74) is 1.34. The minimum atomic E-state index is 0.159. The summed E-state index contributed by atoms with van der Waals surface area (Å²) >= 11 is 0. The molecule has 2 saturated heterocycles. The number of carbonyl (C=O) groups is 1. The molecule has 0 bridgehead atoms. The molecular weight excluding hydrogens is 310 g/mol. The molecule has 1 aromatic rings. The fourth-order valence-electron chi connectivity index (χ4n) is 4.32. The van der Waals surface area contributed by atoms with Crippen molar-refractivity contribution in [3.63, 3.8) is 0 Å². The summed E-state index contributed by atoms with van der Waals surface area (Å²) < 4.78 is 0. The van der Waals surface area contributed by atoms with Gasteiger partial charge in [-0.3, -0.25) is 9.69 Å². The van der Waals surface area contributed by atoms with E-state index in [0.717, 1.165) is 52.2 Å². The average molecular weight is 344 g/mol. The van der Waals surface area contributed by atoms with Crippen molar-refractivity contribution in [2.45, 2.75) is 26.8 Å². The number of rotatable bonds is 4. The fraction of sp³-hybridized carbons (Fsp3) is 0.667. The monoisotopic (exact) mass is 343 g/mol. The summed E-state index contributed by atoms with van der Waals surface area (Å²) in [6.07, 6.45) is 1.09. The zero-order chi connectivity index (χ0) is 17.8. The highest BCUT2D eigenvalue weighted by Gasteiger charge is 2.40. The van der Waals surface area contributed by atoms with Gasteiger partial charge in [-0.05, 0) is 37.4 Å². The second kappa shape index (κ2) is 8.33. The number of benzene rings is 1. The molecule has 0 aliphatic carbocycles. The van der Waals surface area contributed by atoms with E-state index >= 15 is 0 Å². The van der Waals surface area contributed by atoms with Gasteiger partial charge in [-0.2, -0.15) is 0 Å². The third-order valence-corrected chi connectivity index (χ3v) is 5.89. The molecule has 138 valence electrons. The second-order valence-corrected chi connectivity index (χ2v) is 8.18. The molecule has 0 saturated carbocycles. The van der Waals surface area contributed by atoms with Crippen LogP contribution < -0.4 is 0 Å². The molecule has 2 aliphatic rings. The van der Waals surface area contributed by atoms with Crippen LogP contribution >= 0.6 is 0 Å². The van der Waals surface area contributed by atoms with Crippen molar-refractivity contribution in [2.75, 3.05) is 46.3 Å². The minimum Gasteiger partial charge on any atom is -0.341 e. The van der Waals surface area contributed by atoms with Crippen molar-refractivity contribution >= 4 is 5.91 Å². The van der Waals surface area contributed by atoms with E-state index in [2.05, 4.69) is 65.9 Å². The average Bonchev–Trinajstić information content (AvgIpc) is 2.90. The quantitative estimate of drug-likeness (QED) is 0.841. The molecule has 0 N–H and O–H groups in total. The summed E-state index contributed by atoms with van der Waals surface area (Å²) in [6.45, 7) is 11.3. The molecular formula is C21H33N3O. The summed E-state index contributed by atoms with van der Waals surface area (Å²) in [5.74, 6) is 1.57. The summed E-state index contributed by atoms with van der Waals surface area (Å²) in [4.78, 5) is 20.2. The Balaban J connectivity index is 1.67. The molecule has 4 heteroatoms. The first-order valence-corrected chi connectivity index (χ1v) is 9.78. The summed E-state index contributed by atoms with van der Waals surface area (Å²) in [6, 6.07) is 10.6. The largest absolute Gasteiger partial charge is 0.341 e. The first-order chi connectivity index (χ1) is 12.0. The van der Waals surface area contributed by atoms with Gasteiger partial charge in [-0.1, -0.05) is 44.2 Å². The molecule has 2 heterocycles. The van der Waals surface area contributed by atoms with Gasteiger partial charge in [-0.25, -0.2) is 0 Å². The van der Waals surface area contributed by atoms with Gasteiger partial charge in [0.15, 0.2) is 0 Å². The number of likely N-dealkylation sites (N-methyl/N-ethyl adjacent to an activating group) is 1. The molecule has 1 amide bonds. The van der Waals surface area contributed by atoms with Crippen LogP contribution in [0.5, 0.6) is 0 Å². The molecule has 0 spiro atoms. The highest BCUT2D eigenvalue weighted by atomic mass is 16.2. The fourth-order valence-corrected chi connectivity index (χ4v) is 4.32. The molecule has 25 heavy (non-hydrogen) atoms. The highest BCUT2D eigenvalue weighted by Crippen LogP contribution is 2.32. The van der Waals surface area contributed by atoms with E-state index in [4.69, 9.17) is 0 Å². The van der Waals surface area contributed by atoms with E-state index < -0.39 is 0 Å². The van der Waals surface area contributed by atoms with Crippen LogP contribution in [0.3, 0.4) is 0 Å². The van der Waals surface area contributed by atoms with Crippen molar-refractivity contribution in [1.29, 1.82) is 0 Å². The molecule has 0 radical (unpaired) electrons. The molecule has 4 nitrogen and oxygen atoms in total. The van der Waals surface area contributed by atoms with E-state index in [9.17, 15) is 4.79 Å². The lowest BCUT2D eigenvalue weighted by Gasteiger charge is -2.28. The van der Waals surface area contributed by atoms with Gasteiger partial charge in [0.2, 0.25) is 5.91 Å². The Hall–Kier alpha value is -1.39. The van der Waals surface area contributed by atoms with Crippen molar-refractivity contribution in [2.24, 2.45) is 17.8 Å². The summed E-state index contributed by atoms with van der Waals surface area (Å²) in [5, 5.41) is 0. The van der Waals surface area contributed by atoms with Gasteiger partial charge in [0.1, 0.15) is 0 Å². The van der Waals surface area contributed by atoms with Crippen LogP contribution in [0.2, 0.25) is 0 Å². The zero-order valence-corrected chi connectivity index (χ0v) is 16.0. The van der Waals surface area contributed by atoms with Crippen LogP contribution in [0.1, 0.15) is 25.8 Å². The Morgan fingerprint density at radius 1 is 1.08 bits per heavy atom. The molecule has 2 aliphatic heterocycles. The Morgan fingerprint density at radius 3 is 2.56 bits per heavy atom. The number of nitrogens with zero attached hydrogens (tertiary/aromatic N) is 3. The third kappa shape index (κ3) is 4.62. The van der Waals surface area contributed by atoms with Crippen LogP contribution in [0.25, 0.3) is 0 Å². The number of carbonyl (C=O) groups excluding carboxylic acids is 1. The summed E-state index contributed by atoms with van der Waals surface area (Å²) in [7, 11) is 2.15. The number of likely N-dealkylation sites (tertiary alicyclic amines) is 1. The number of hydrogen-bond donors (Lipinski definition) is 0. The van der Waals surface area contributed by atoms with Gasteiger partial charge >= 0.3 is 0 Å². The zero-order valence-electron chi connectivity index (χ0n) is 16.0. The van der Waals surface area contributed by atoms with Gasteiger partial charge in [0, 0.05) is 39.3 Å². The second-order valence-electron chi connectivity index (χ2n) is 8.18. The normalized spacial score (nSPS) is 26.2. The van der Waals surface area contributed by atoms with Crippen molar-refractivity contribution < 1.29 is 4.79 Å². The number of amides is 1. The van der Waals surface area contributed by atoms with Crippen LogP contribution in [-0.4, -0.2) is 66.9 Å². The van der Waals surface area contributed by atoms with Crippen molar-refractivity contribution in [1.82, 2.24) is 14.7 Å². The maximum absolute atomic E-state index is 13.3. The number of hydrogen-bond acceptors (Lipinski definition) is 3. The lowest BCUT2D eigenvalue weighted by molar-refractivity contribution is -0.136. The SMILES string of the molecule is CC(C)C1CN(Cc2ccccc2)CC1C(=O)N1CCCN(C)CC1. The third-order valence-electron chi connectivity index (χ3n) is 5.89. The Morgan fingerprint density at radius 2 is 1.84 bits per heavy atom. The molecule has 0 aromatic heterocycles. The maximum atomic E-state index is 13.3. The van der Waals surface area contributed by atoms with Crippen LogP contribution in [0.4, 0.5) is 0 Å². The van der Waals surface area contributed by atoms with E-state index in [-0.39, 0.29) is 5.92 Å². The molecule has 3 rings (SSSR count). The van der Waals surface area contributed by atoms with E-state index in [1.807, 2.05) is 0 Å².